The number of carbonyl (C=O) groups is 2. The molecule has 1 saturated carbocycles. The van der Waals surface area contributed by atoms with Gasteiger partial charge in [-0.05, 0) is 50.3 Å². The number of ether oxygens (including phenoxy) is 1. The maximum Gasteiger partial charge on any atom is 0.308 e. The summed E-state index contributed by atoms with van der Waals surface area (Å²) in [6.07, 6.45) is 11.6. The molecule has 0 bridgehead atoms. The van der Waals surface area contributed by atoms with Gasteiger partial charge in [-0.1, -0.05) is 6.07 Å². The van der Waals surface area contributed by atoms with Crippen molar-refractivity contribution in [3.63, 3.8) is 0 Å². The molecule has 1 N–H and O–H groups in total. The molecular weight excluding hydrogens is 434 g/mol. The second-order valence-corrected chi connectivity index (χ2v) is 8.52. The molecule has 4 heterocycles. The fraction of sp³-hybridized carbons (Fsp3) is 0.333. The first-order valence-electron chi connectivity index (χ1n) is 11.2. The Morgan fingerprint density at radius 3 is 2.68 bits per heavy atom. The number of nitrogens with zero attached hydrogens (tertiary/aromatic N) is 6. The standard InChI is InChI=1S/C24H25N7O3/c1-15-4-9-19(26-12-15)21-20(28-23(32)18-13-27-30-11-3-10-25-22(18)30)14-31(29-21)17-7-5-16(6-8-17)24(33)34-2/h3-4,9-14,16-17H,5-8H2,1-2H3,(H,28,32). The Morgan fingerprint density at radius 1 is 1.12 bits per heavy atom. The van der Waals surface area contributed by atoms with Gasteiger partial charge in [-0.25, -0.2) is 9.50 Å². The lowest BCUT2D eigenvalue weighted by Crippen LogP contribution is -2.24. The molecule has 174 valence electrons. The number of rotatable bonds is 5. The van der Waals surface area contributed by atoms with E-state index in [0.29, 0.717) is 28.3 Å². The van der Waals surface area contributed by atoms with Crippen molar-refractivity contribution in [2.75, 3.05) is 12.4 Å². The first-order valence-corrected chi connectivity index (χ1v) is 11.2. The van der Waals surface area contributed by atoms with Crippen LogP contribution in [0.2, 0.25) is 0 Å². The fourth-order valence-electron chi connectivity index (χ4n) is 4.39. The van der Waals surface area contributed by atoms with Crippen LogP contribution in [-0.2, 0) is 9.53 Å². The SMILES string of the molecule is COC(=O)C1CCC(n2cc(NC(=O)c3cnn4cccnc34)c(-c3ccc(C)cn3)n2)CC1. The van der Waals surface area contributed by atoms with Crippen molar-refractivity contribution in [1.82, 2.24) is 29.4 Å². The number of esters is 1. The quantitative estimate of drug-likeness (QED) is 0.454. The number of anilines is 1. The summed E-state index contributed by atoms with van der Waals surface area (Å²) in [5.74, 6) is -0.549. The molecule has 0 spiro atoms. The minimum Gasteiger partial charge on any atom is -0.469 e. The van der Waals surface area contributed by atoms with Crippen LogP contribution in [-0.4, -0.2) is 48.3 Å². The van der Waals surface area contributed by atoms with E-state index >= 15 is 0 Å². The van der Waals surface area contributed by atoms with Gasteiger partial charge in [0, 0.05) is 24.8 Å². The number of fused-ring (bicyclic) bond motifs is 1. The van der Waals surface area contributed by atoms with Gasteiger partial charge in [-0.3, -0.25) is 19.3 Å². The van der Waals surface area contributed by atoms with Crippen LogP contribution in [0.25, 0.3) is 17.0 Å². The van der Waals surface area contributed by atoms with E-state index in [2.05, 4.69) is 20.4 Å². The zero-order chi connectivity index (χ0) is 23.7. The lowest BCUT2D eigenvalue weighted by atomic mass is 9.86. The zero-order valence-corrected chi connectivity index (χ0v) is 19.0. The Morgan fingerprint density at radius 2 is 1.94 bits per heavy atom. The van der Waals surface area contributed by atoms with Gasteiger partial charge >= 0.3 is 5.97 Å². The molecule has 1 aliphatic rings. The minimum absolute atomic E-state index is 0.0719. The van der Waals surface area contributed by atoms with Gasteiger partial charge in [0.05, 0.1) is 36.6 Å². The number of methoxy groups -OCH3 is 1. The van der Waals surface area contributed by atoms with E-state index in [1.165, 1.54) is 13.3 Å². The molecule has 0 aromatic carbocycles. The van der Waals surface area contributed by atoms with Crippen molar-refractivity contribution in [3.05, 3.63) is 60.3 Å². The van der Waals surface area contributed by atoms with Crippen molar-refractivity contribution in [1.29, 1.82) is 0 Å². The Hall–Kier alpha value is -4.08. The Bertz CT molecular complexity index is 1330. The molecule has 1 amide bonds. The van der Waals surface area contributed by atoms with E-state index in [9.17, 15) is 9.59 Å². The van der Waals surface area contributed by atoms with Crippen LogP contribution in [0.5, 0.6) is 0 Å². The number of aryl methyl sites for hydroxylation is 1. The van der Waals surface area contributed by atoms with Gasteiger partial charge in [0.15, 0.2) is 5.65 Å². The van der Waals surface area contributed by atoms with Gasteiger partial charge in [0.2, 0.25) is 0 Å². The summed E-state index contributed by atoms with van der Waals surface area (Å²) in [5.41, 5.74) is 3.70. The Kier molecular flexibility index (Phi) is 5.79. The fourth-order valence-corrected chi connectivity index (χ4v) is 4.39. The molecule has 1 aliphatic carbocycles. The maximum atomic E-state index is 13.2. The predicted molar refractivity (Wildman–Crippen MR) is 124 cm³/mol. The highest BCUT2D eigenvalue weighted by atomic mass is 16.5. The van der Waals surface area contributed by atoms with Crippen LogP contribution in [0.3, 0.4) is 0 Å². The zero-order valence-electron chi connectivity index (χ0n) is 19.0. The molecule has 5 rings (SSSR count). The highest BCUT2D eigenvalue weighted by Crippen LogP contribution is 2.35. The molecule has 1 fully saturated rings. The third-order valence-electron chi connectivity index (χ3n) is 6.26. The van der Waals surface area contributed by atoms with Crippen LogP contribution in [0.4, 0.5) is 5.69 Å². The van der Waals surface area contributed by atoms with Crippen LogP contribution in [0.1, 0.15) is 47.6 Å². The van der Waals surface area contributed by atoms with Crippen molar-refractivity contribution in [2.24, 2.45) is 5.92 Å². The molecule has 0 saturated heterocycles. The number of hydrogen-bond acceptors (Lipinski definition) is 7. The van der Waals surface area contributed by atoms with Gasteiger partial charge in [-0.15, -0.1) is 0 Å². The lowest BCUT2D eigenvalue weighted by Gasteiger charge is -2.27. The maximum absolute atomic E-state index is 13.2. The van der Waals surface area contributed by atoms with Crippen molar-refractivity contribution >= 4 is 23.2 Å². The molecule has 10 nitrogen and oxygen atoms in total. The summed E-state index contributed by atoms with van der Waals surface area (Å²) >= 11 is 0. The largest absolute Gasteiger partial charge is 0.469 e. The summed E-state index contributed by atoms with van der Waals surface area (Å²) in [6.45, 7) is 1.97. The van der Waals surface area contributed by atoms with Crippen molar-refractivity contribution in [3.8, 4) is 11.4 Å². The number of nitrogens with one attached hydrogen (secondary N) is 1. The smallest absolute Gasteiger partial charge is 0.308 e. The molecule has 4 aromatic heterocycles. The monoisotopic (exact) mass is 459 g/mol. The normalized spacial score (nSPS) is 18.1. The molecule has 0 radical (unpaired) electrons. The van der Waals surface area contributed by atoms with Gasteiger partial charge in [-0.2, -0.15) is 10.2 Å². The summed E-state index contributed by atoms with van der Waals surface area (Å²) in [4.78, 5) is 33.8. The third kappa shape index (κ3) is 4.14. The average Bonchev–Trinajstić information content (AvgIpc) is 3.49. The first-order chi connectivity index (χ1) is 16.5. The van der Waals surface area contributed by atoms with E-state index in [1.807, 2.05) is 29.9 Å². The number of aromatic nitrogens is 6. The summed E-state index contributed by atoms with van der Waals surface area (Å²) in [6, 6.07) is 5.73. The number of hydrogen-bond donors (Lipinski definition) is 1. The van der Waals surface area contributed by atoms with E-state index < -0.39 is 0 Å². The molecule has 34 heavy (non-hydrogen) atoms. The van der Waals surface area contributed by atoms with Crippen LogP contribution in [0, 0.1) is 12.8 Å². The van der Waals surface area contributed by atoms with E-state index in [-0.39, 0.29) is 23.8 Å². The third-order valence-corrected chi connectivity index (χ3v) is 6.26. The van der Waals surface area contributed by atoms with Crippen molar-refractivity contribution in [2.45, 2.75) is 38.6 Å². The van der Waals surface area contributed by atoms with Crippen molar-refractivity contribution < 1.29 is 14.3 Å². The van der Waals surface area contributed by atoms with Crippen LogP contribution < -0.4 is 5.32 Å². The van der Waals surface area contributed by atoms with Crippen LogP contribution in [0.15, 0.2) is 49.2 Å². The molecule has 0 aliphatic heterocycles. The Balaban J connectivity index is 1.44. The summed E-state index contributed by atoms with van der Waals surface area (Å²) in [7, 11) is 1.43. The summed E-state index contributed by atoms with van der Waals surface area (Å²) in [5, 5.41) is 12.0. The Labute approximate surface area is 196 Å². The van der Waals surface area contributed by atoms with Gasteiger partial charge < -0.3 is 10.1 Å². The van der Waals surface area contributed by atoms with Crippen LogP contribution >= 0.6 is 0 Å². The summed E-state index contributed by atoms with van der Waals surface area (Å²) < 4.78 is 8.34. The lowest BCUT2D eigenvalue weighted by molar-refractivity contribution is -0.146. The highest BCUT2D eigenvalue weighted by molar-refractivity contribution is 6.09. The molecule has 10 heteroatoms. The second-order valence-electron chi connectivity index (χ2n) is 8.52. The van der Waals surface area contributed by atoms with E-state index in [4.69, 9.17) is 9.84 Å². The predicted octanol–water partition coefficient (Wildman–Crippen LogP) is 3.45. The minimum atomic E-state index is -0.323. The first kappa shape index (κ1) is 21.7. The number of pyridine rings is 1. The highest BCUT2D eigenvalue weighted by Gasteiger charge is 2.29. The van der Waals surface area contributed by atoms with Gasteiger partial charge in [0.1, 0.15) is 11.3 Å². The second kappa shape index (κ2) is 9.05. The average molecular weight is 460 g/mol. The van der Waals surface area contributed by atoms with Gasteiger partial charge in [0.25, 0.3) is 5.91 Å². The van der Waals surface area contributed by atoms with E-state index in [0.717, 1.165) is 31.2 Å². The van der Waals surface area contributed by atoms with E-state index in [1.54, 1.807) is 29.2 Å². The topological polar surface area (TPSA) is 116 Å². The molecule has 0 unspecified atom stereocenters. The number of amides is 1. The molecule has 0 atom stereocenters. The number of carbonyl (C=O) groups excluding carboxylic acids is 2. The molecular formula is C24H25N7O3. The molecule has 4 aromatic rings.